The van der Waals surface area contributed by atoms with Gasteiger partial charge in [-0.1, -0.05) is 6.07 Å². The molecule has 0 atom stereocenters. The lowest BCUT2D eigenvalue weighted by atomic mass is 10.1. The Morgan fingerprint density at radius 1 is 1.23 bits per heavy atom. The molecule has 0 spiro atoms. The van der Waals surface area contributed by atoms with Gasteiger partial charge in [0.1, 0.15) is 5.82 Å². The van der Waals surface area contributed by atoms with Crippen LogP contribution >= 0.6 is 0 Å². The highest BCUT2D eigenvalue weighted by atomic mass is 19.1. The summed E-state index contributed by atoms with van der Waals surface area (Å²) < 4.78 is 13.5. The summed E-state index contributed by atoms with van der Waals surface area (Å²) in [7, 11) is 0. The van der Waals surface area contributed by atoms with E-state index in [9.17, 15) is 9.18 Å². The molecule has 1 saturated heterocycles. The van der Waals surface area contributed by atoms with E-state index in [1.165, 1.54) is 6.07 Å². The normalized spacial score (nSPS) is 14.2. The summed E-state index contributed by atoms with van der Waals surface area (Å²) in [6.45, 7) is 3.59. The summed E-state index contributed by atoms with van der Waals surface area (Å²) in [6.07, 6.45) is 5.45. The predicted molar refractivity (Wildman–Crippen MR) is 82.6 cm³/mol. The number of carbonyl (C=O) groups is 1. The van der Waals surface area contributed by atoms with Crippen molar-refractivity contribution in [1.29, 1.82) is 0 Å². The molecule has 114 valence electrons. The van der Waals surface area contributed by atoms with Crippen molar-refractivity contribution in [3.8, 4) is 0 Å². The molecule has 1 fully saturated rings. The standard InChI is InChI=1S/C16H17FN4O/c1-11-4-5-12(8-14(11)17)15(22)20-13-9-18-16(19-10-13)21-6-2-3-7-21/h4-5,8-10H,2-3,6-7H2,1H3,(H,20,22). The number of aryl methyl sites for hydroxylation is 1. The average molecular weight is 300 g/mol. The molecule has 1 N–H and O–H groups in total. The highest BCUT2D eigenvalue weighted by Crippen LogP contribution is 2.17. The van der Waals surface area contributed by atoms with E-state index in [4.69, 9.17) is 0 Å². The van der Waals surface area contributed by atoms with Crippen LogP contribution in [0.3, 0.4) is 0 Å². The van der Waals surface area contributed by atoms with Crippen LogP contribution in [0.15, 0.2) is 30.6 Å². The second-order valence-corrected chi connectivity index (χ2v) is 5.38. The summed E-state index contributed by atoms with van der Waals surface area (Å²) in [5, 5.41) is 2.67. The van der Waals surface area contributed by atoms with Crippen LogP contribution < -0.4 is 10.2 Å². The van der Waals surface area contributed by atoms with Crippen molar-refractivity contribution in [3.05, 3.63) is 47.5 Å². The SMILES string of the molecule is Cc1ccc(C(=O)Nc2cnc(N3CCCC3)nc2)cc1F. The Kier molecular flexibility index (Phi) is 4.00. The first-order chi connectivity index (χ1) is 10.6. The van der Waals surface area contributed by atoms with Crippen molar-refractivity contribution in [2.24, 2.45) is 0 Å². The van der Waals surface area contributed by atoms with Crippen LogP contribution in [0.4, 0.5) is 16.0 Å². The Balaban J connectivity index is 1.69. The topological polar surface area (TPSA) is 58.1 Å². The van der Waals surface area contributed by atoms with Crippen LogP contribution in [0.2, 0.25) is 0 Å². The Morgan fingerprint density at radius 3 is 2.55 bits per heavy atom. The van der Waals surface area contributed by atoms with E-state index < -0.39 is 5.82 Å². The van der Waals surface area contributed by atoms with Gasteiger partial charge >= 0.3 is 0 Å². The predicted octanol–water partition coefficient (Wildman–Crippen LogP) is 2.78. The number of benzene rings is 1. The fourth-order valence-corrected chi connectivity index (χ4v) is 2.40. The van der Waals surface area contributed by atoms with Crippen LogP contribution in [0.1, 0.15) is 28.8 Å². The van der Waals surface area contributed by atoms with E-state index in [0.29, 0.717) is 17.2 Å². The van der Waals surface area contributed by atoms with Gasteiger partial charge in [0.25, 0.3) is 5.91 Å². The third kappa shape index (κ3) is 3.05. The zero-order valence-electron chi connectivity index (χ0n) is 12.3. The highest BCUT2D eigenvalue weighted by Gasteiger charge is 2.15. The molecular weight excluding hydrogens is 283 g/mol. The average Bonchev–Trinajstić information content (AvgIpc) is 3.05. The first kappa shape index (κ1) is 14.4. The molecule has 5 nitrogen and oxygen atoms in total. The van der Waals surface area contributed by atoms with Gasteiger partial charge in [0.15, 0.2) is 0 Å². The van der Waals surface area contributed by atoms with E-state index in [0.717, 1.165) is 25.9 Å². The van der Waals surface area contributed by atoms with Crippen molar-refractivity contribution in [3.63, 3.8) is 0 Å². The maximum Gasteiger partial charge on any atom is 0.255 e. The summed E-state index contributed by atoms with van der Waals surface area (Å²) >= 11 is 0. The van der Waals surface area contributed by atoms with Gasteiger partial charge in [-0.2, -0.15) is 0 Å². The smallest absolute Gasteiger partial charge is 0.255 e. The van der Waals surface area contributed by atoms with E-state index in [2.05, 4.69) is 20.2 Å². The molecule has 2 aromatic rings. The Hall–Kier alpha value is -2.50. The monoisotopic (exact) mass is 300 g/mol. The third-order valence-electron chi connectivity index (χ3n) is 3.72. The van der Waals surface area contributed by atoms with Gasteiger partial charge in [0.2, 0.25) is 5.95 Å². The number of hydrogen-bond donors (Lipinski definition) is 1. The molecule has 0 saturated carbocycles. The van der Waals surface area contributed by atoms with Crippen LogP contribution in [-0.4, -0.2) is 29.0 Å². The Bertz CT molecular complexity index is 681. The fourth-order valence-electron chi connectivity index (χ4n) is 2.40. The molecule has 0 radical (unpaired) electrons. The van der Waals surface area contributed by atoms with Gasteiger partial charge < -0.3 is 10.2 Å². The lowest BCUT2D eigenvalue weighted by molar-refractivity contribution is 0.102. The third-order valence-corrected chi connectivity index (χ3v) is 3.72. The van der Waals surface area contributed by atoms with E-state index >= 15 is 0 Å². The number of carbonyl (C=O) groups excluding carboxylic acids is 1. The van der Waals surface area contributed by atoms with Crippen molar-refractivity contribution in [1.82, 2.24) is 9.97 Å². The molecule has 1 aromatic heterocycles. The lowest BCUT2D eigenvalue weighted by Gasteiger charge is -2.14. The first-order valence-electron chi connectivity index (χ1n) is 7.28. The number of amides is 1. The molecule has 1 aliphatic heterocycles. The first-order valence-corrected chi connectivity index (χ1v) is 7.28. The minimum absolute atomic E-state index is 0.270. The van der Waals surface area contributed by atoms with E-state index in [-0.39, 0.29) is 11.5 Å². The number of nitrogens with one attached hydrogen (secondary N) is 1. The summed E-state index contributed by atoms with van der Waals surface area (Å²) in [6, 6.07) is 4.40. The second kappa shape index (κ2) is 6.09. The number of aromatic nitrogens is 2. The Labute approximate surface area is 128 Å². The van der Waals surface area contributed by atoms with Gasteiger partial charge in [-0.05, 0) is 37.5 Å². The Morgan fingerprint density at radius 2 is 1.91 bits per heavy atom. The second-order valence-electron chi connectivity index (χ2n) is 5.38. The molecule has 3 rings (SSSR count). The summed E-state index contributed by atoms with van der Waals surface area (Å²) in [4.78, 5) is 22.7. The molecule has 1 aromatic carbocycles. The van der Waals surface area contributed by atoms with Gasteiger partial charge in [-0.25, -0.2) is 14.4 Å². The van der Waals surface area contributed by atoms with Gasteiger partial charge in [0.05, 0.1) is 18.1 Å². The molecule has 22 heavy (non-hydrogen) atoms. The number of hydrogen-bond acceptors (Lipinski definition) is 4. The summed E-state index contributed by atoms with van der Waals surface area (Å²) in [5.41, 5.74) is 1.27. The van der Waals surface area contributed by atoms with Crippen LogP contribution in [0.25, 0.3) is 0 Å². The number of rotatable bonds is 3. The highest BCUT2D eigenvalue weighted by molar-refractivity contribution is 6.04. The van der Waals surface area contributed by atoms with Crippen LogP contribution in [0.5, 0.6) is 0 Å². The molecule has 2 heterocycles. The molecule has 0 unspecified atom stereocenters. The van der Waals surface area contributed by atoms with Crippen molar-refractivity contribution in [2.45, 2.75) is 19.8 Å². The zero-order chi connectivity index (χ0) is 15.5. The van der Waals surface area contributed by atoms with Crippen LogP contribution in [-0.2, 0) is 0 Å². The molecule has 0 bridgehead atoms. The number of halogens is 1. The zero-order valence-corrected chi connectivity index (χ0v) is 12.3. The quantitative estimate of drug-likeness (QED) is 0.947. The number of nitrogens with zero attached hydrogens (tertiary/aromatic N) is 3. The molecule has 6 heteroatoms. The lowest BCUT2D eigenvalue weighted by Crippen LogP contribution is -2.20. The summed E-state index contributed by atoms with van der Waals surface area (Å²) in [5.74, 6) is -0.0958. The van der Waals surface area contributed by atoms with Gasteiger partial charge in [-0.15, -0.1) is 0 Å². The van der Waals surface area contributed by atoms with Gasteiger partial charge in [0, 0.05) is 18.7 Å². The molecule has 1 aliphatic rings. The fraction of sp³-hybridized carbons (Fsp3) is 0.312. The molecule has 1 amide bonds. The maximum atomic E-state index is 13.5. The molecular formula is C16H17FN4O. The van der Waals surface area contributed by atoms with Gasteiger partial charge in [-0.3, -0.25) is 4.79 Å². The minimum atomic E-state index is -0.395. The van der Waals surface area contributed by atoms with Crippen molar-refractivity contribution in [2.75, 3.05) is 23.3 Å². The van der Waals surface area contributed by atoms with Crippen molar-refractivity contribution >= 4 is 17.5 Å². The maximum absolute atomic E-state index is 13.5. The van der Waals surface area contributed by atoms with E-state index in [1.54, 1.807) is 31.5 Å². The minimum Gasteiger partial charge on any atom is -0.341 e. The van der Waals surface area contributed by atoms with E-state index in [1.807, 2.05) is 0 Å². The van der Waals surface area contributed by atoms with Crippen molar-refractivity contribution < 1.29 is 9.18 Å². The molecule has 0 aliphatic carbocycles. The van der Waals surface area contributed by atoms with Crippen LogP contribution in [0, 0.1) is 12.7 Å². The largest absolute Gasteiger partial charge is 0.341 e. The number of anilines is 2.